The summed E-state index contributed by atoms with van der Waals surface area (Å²) in [7, 11) is 0. The summed E-state index contributed by atoms with van der Waals surface area (Å²) >= 11 is 0. The van der Waals surface area contributed by atoms with Crippen LogP contribution in [0.15, 0.2) is 49.1 Å². The fourth-order valence-electron chi connectivity index (χ4n) is 3.12. The van der Waals surface area contributed by atoms with Gasteiger partial charge in [-0.3, -0.25) is 14.4 Å². The van der Waals surface area contributed by atoms with E-state index in [0.717, 1.165) is 38.4 Å². The monoisotopic (exact) mass is 324 g/mol. The van der Waals surface area contributed by atoms with Crippen molar-refractivity contribution in [3.63, 3.8) is 0 Å². The molecule has 0 radical (unpaired) electrons. The number of imidazole rings is 1. The van der Waals surface area contributed by atoms with Crippen LogP contribution in [0, 0.1) is 0 Å². The van der Waals surface area contributed by atoms with E-state index in [1.807, 2.05) is 47.8 Å². The van der Waals surface area contributed by atoms with Crippen molar-refractivity contribution in [1.82, 2.24) is 29.0 Å². The molecule has 3 aromatic heterocycles. The van der Waals surface area contributed by atoms with E-state index in [0.29, 0.717) is 6.54 Å². The van der Waals surface area contributed by atoms with Crippen molar-refractivity contribution in [3.05, 3.63) is 54.7 Å². The Balaban J connectivity index is 1.33. The molecule has 4 rings (SSSR count). The minimum atomic E-state index is 0.133. The van der Waals surface area contributed by atoms with Crippen LogP contribution in [0.4, 0.5) is 0 Å². The molecule has 1 aliphatic heterocycles. The zero-order valence-corrected chi connectivity index (χ0v) is 13.5. The summed E-state index contributed by atoms with van der Waals surface area (Å²) in [6, 6.07) is 7.86. The molecule has 7 nitrogen and oxygen atoms in total. The van der Waals surface area contributed by atoms with Gasteiger partial charge in [-0.15, -0.1) is 0 Å². The Labute approximate surface area is 140 Å². The van der Waals surface area contributed by atoms with Gasteiger partial charge in [-0.2, -0.15) is 5.10 Å². The molecule has 0 N–H and O–H groups in total. The minimum Gasteiger partial charge on any atom is -0.339 e. The first kappa shape index (κ1) is 14.9. The number of amides is 1. The summed E-state index contributed by atoms with van der Waals surface area (Å²) in [5, 5.41) is 4.09. The van der Waals surface area contributed by atoms with Crippen molar-refractivity contribution in [1.29, 1.82) is 0 Å². The Hall–Kier alpha value is -2.67. The number of aromatic nitrogens is 4. The van der Waals surface area contributed by atoms with Crippen molar-refractivity contribution in [2.24, 2.45) is 0 Å². The van der Waals surface area contributed by atoms with Gasteiger partial charge in [0.2, 0.25) is 5.91 Å². The fraction of sp³-hybridized carbons (Fsp3) is 0.353. The maximum atomic E-state index is 12.3. The van der Waals surface area contributed by atoms with Gasteiger partial charge >= 0.3 is 0 Å². The van der Waals surface area contributed by atoms with Crippen LogP contribution in [0.3, 0.4) is 0 Å². The van der Waals surface area contributed by atoms with Crippen LogP contribution in [-0.4, -0.2) is 61.1 Å². The topological polar surface area (TPSA) is 58.7 Å². The lowest BCUT2D eigenvalue weighted by Gasteiger charge is -2.34. The van der Waals surface area contributed by atoms with Crippen LogP contribution in [0.2, 0.25) is 0 Å². The number of carbonyl (C=O) groups is 1. The summed E-state index contributed by atoms with van der Waals surface area (Å²) < 4.78 is 3.79. The van der Waals surface area contributed by atoms with Crippen molar-refractivity contribution in [2.75, 3.05) is 26.2 Å². The van der Waals surface area contributed by atoms with Gasteiger partial charge in [0, 0.05) is 51.3 Å². The van der Waals surface area contributed by atoms with Gasteiger partial charge in [-0.25, -0.2) is 4.98 Å². The first-order valence-electron chi connectivity index (χ1n) is 8.18. The Morgan fingerprint density at radius 3 is 2.75 bits per heavy atom. The van der Waals surface area contributed by atoms with Crippen molar-refractivity contribution >= 4 is 11.6 Å². The zero-order valence-electron chi connectivity index (χ0n) is 13.5. The highest BCUT2D eigenvalue weighted by Crippen LogP contribution is 2.11. The van der Waals surface area contributed by atoms with Gasteiger partial charge in [0.1, 0.15) is 12.2 Å². The second-order valence-corrected chi connectivity index (χ2v) is 6.04. The van der Waals surface area contributed by atoms with E-state index in [9.17, 15) is 4.79 Å². The smallest absolute Gasteiger partial charge is 0.244 e. The number of carbonyl (C=O) groups excluding carboxylic acids is 1. The molecule has 0 saturated carbocycles. The van der Waals surface area contributed by atoms with E-state index >= 15 is 0 Å². The van der Waals surface area contributed by atoms with Crippen molar-refractivity contribution < 1.29 is 4.79 Å². The Bertz CT molecular complexity index is 817. The van der Waals surface area contributed by atoms with E-state index in [2.05, 4.69) is 19.4 Å². The fourth-order valence-corrected chi connectivity index (χ4v) is 3.12. The summed E-state index contributed by atoms with van der Waals surface area (Å²) in [6.45, 7) is 4.45. The summed E-state index contributed by atoms with van der Waals surface area (Å²) in [4.78, 5) is 21.0. The van der Waals surface area contributed by atoms with Crippen LogP contribution in [0.5, 0.6) is 0 Å². The summed E-state index contributed by atoms with van der Waals surface area (Å²) in [6.07, 6.45) is 7.49. The molecule has 24 heavy (non-hydrogen) atoms. The largest absolute Gasteiger partial charge is 0.339 e. The molecule has 7 heteroatoms. The number of fused-ring (bicyclic) bond motifs is 1. The third-order valence-corrected chi connectivity index (χ3v) is 4.46. The number of rotatable bonds is 4. The maximum absolute atomic E-state index is 12.3. The number of hydrogen-bond donors (Lipinski definition) is 0. The molecule has 0 atom stereocenters. The highest BCUT2D eigenvalue weighted by Gasteiger charge is 2.22. The average molecular weight is 324 g/mol. The number of piperazine rings is 1. The average Bonchev–Trinajstić information content (AvgIpc) is 3.26. The van der Waals surface area contributed by atoms with E-state index in [-0.39, 0.29) is 5.91 Å². The van der Waals surface area contributed by atoms with Crippen LogP contribution < -0.4 is 0 Å². The van der Waals surface area contributed by atoms with Crippen LogP contribution in [-0.2, 0) is 17.9 Å². The van der Waals surface area contributed by atoms with Gasteiger partial charge in [-0.1, -0.05) is 6.07 Å². The van der Waals surface area contributed by atoms with E-state index in [1.165, 1.54) is 5.69 Å². The minimum absolute atomic E-state index is 0.133. The highest BCUT2D eigenvalue weighted by atomic mass is 16.2. The van der Waals surface area contributed by atoms with Gasteiger partial charge in [0.05, 0.1) is 11.9 Å². The molecule has 0 aliphatic carbocycles. The Morgan fingerprint density at radius 1 is 1.08 bits per heavy atom. The molecule has 0 unspecified atom stereocenters. The zero-order chi connectivity index (χ0) is 16.4. The second kappa shape index (κ2) is 6.45. The lowest BCUT2D eigenvalue weighted by Crippen LogP contribution is -2.49. The molecular formula is C17H20N6O. The summed E-state index contributed by atoms with van der Waals surface area (Å²) in [5.74, 6) is 0.133. The molecule has 1 aliphatic rings. The van der Waals surface area contributed by atoms with Gasteiger partial charge in [0.15, 0.2) is 0 Å². The molecule has 0 bridgehead atoms. The number of pyridine rings is 1. The first-order valence-corrected chi connectivity index (χ1v) is 8.18. The van der Waals surface area contributed by atoms with E-state index in [4.69, 9.17) is 0 Å². The molecule has 0 spiro atoms. The predicted octanol–water partition coefficient (Wildman–Crippen LogP) is 0.875. The Kier molecular flexibility index (Phi) is 4.00. The Morgan fingerprint density at radius 2 is 1.96 bits per heavy atom. The van der Waals surface area contributed by atoms with Crippen LogP contribution in [0.1, 0.15) is 5.69 Å². The number of hydrogen-bond acceptors (Lipinski definition) is 4. The van der Waals surface area contributed by atoms with Gasteiger partial charge in [0.25, 0.3) is 0 Å². The highest BCUT2D eigenvalue weighted by molar-refractivity contribution is 5.76. The van der Waals surface area contributed by atoms with Gasteiger partial charge in [-0.05, 0) is 18.2 Å². The van der Waals surface area contributed by atoms with Crippen molar-refractivity contribution in [3.8, 4) is 0 Å². The van der Waals surface area contributed by atoms with Crippen LogP contribution >= 0.6 is 0 Å². The standard InChI is InChI=1S/C17H20N6O/c24-17(14-22-6-3-5-19-22)21-10-8-20(9-11-21)13-15-12-18-16-4-1-2-7-23(15)16/h1-7,12H,8-11,13-14H2. The molecule has 4 heterocycles. The van der Waals surface area contributed by atoms with E-state index < -0.39 is 0 Å². The third kappa shape index (κ3) is 3.03. The molecular weight excluding hydrogens is 304 g/mol. The first-order chi connectivity index (χ1) is 11.8. The normalized spacial score (nSPS) is 15.9. The lowest BCUT2D eigenvalue weighted by atomic mass is 10.3. The SMILES string of the molecule is O=C(Cn1cccn1)N1CCN(Cc2cnc3ccccn23)CC1. The number of nitrogens with zero attached hydrogens (tertiary/aromatic N) is 6. The second-order valence-electron chi connectivity index (χ2n) is 6.04. The van der Waals surface area contributed by atoms with Gasteiger partial charge < -0.3 is 9.30 Å². The molecule has 1 saturated heterocycles. The van der Waals surface area contributed by atoms with E-state index in [1.54, 1.807) is 10.9 Å². The van der Waals surface area contributed by atoms with Crippen LogP contribution in [0.25, 0.3) is 5.65 Å². The predicted molar refractivity (Wildman–Crippen MR) is 89.3 cm³/mol. The quantitative estimate of drug-likeness (QED) is 0.715. The van der Waals surface area contributed by atoms with Crippen molar-refractivity contribution in [2.45, 2.75) is 13.1 Å². The molecule has 124 valence electrons. The third-order valence-electron chi connectivity index (χ3n) is 4.46. The molecule has 1 fully saturated rings. The lowest BCUT2D eigenvalue weighted by molar-refractivity contribution is -0.133. The maximum Gasteiger partial charge on any atom is 0.244 e. The molecule has 3 aromatic rings. The molecule has 1 amide bonds. The summed E-state index contributed by atoms with van der Waals surface area (Å²) in [5.41, 5.74) is 2.16. The molecule has 0 aromatic carbocycles.